The molecule has 0 saturated heterocycles. The molecule has 0 aliphatic rings. The van der Waals surface area contributed by atoms with Gasteiger partial charge in [0.05, 0.1) is 10.6 Å². The van der Waals surface area contributed by atoms with Gasteiger partial charge in [-0.25, -0.2) is 9.48 Å². The number of nitrogens with zero attached hydrogens (tertiary/aromatic N) is 4. The maximum Gasteiger partial charge on any atom is 0.337 e. The molecule has 0 bridgehead atoms. The minimum absolute atomic E-state index is 0.0618. The van der Waals surface area contributed by atoms with Crippen LogP contribution < -0.4 is 0 Å². The number of hydrogen-bond acceptors (Lipinski definition) is 5. The van der Waals surface area contributed by atoms with Crippen LogP contribution in [0.15, 0.2) is 28.3 Å². The first-order chi connectivity index (χ1) is 8.08. The van der Waals surface area contributed by atoms with Gasteiger partial charge in [-0.2, -0.15) is 0 Å². The van der Waals surface area contributed by atoms with Gasteiger partial charge in [0.25, 0.3) is 0 Å². The summed E-state index contributed by atoms with van der Waals surface area (Å²) in [5.41, 5.74) is 0.0618. The fourth-order valence-corrected chi connectivity index (χ4v) is 2.11. The molecule has 0 saturated carbocycles. The van der Waals surface area contributed by atoms with Crippen LogP contribution in [0.4, 0.5) is 0 Å². The van der Waals surface area contributed by atoms with Crippen molar-refractivity contribution in [2.24, 2.45) is 7.05 Å². The second kappa shape index (κ2) is 4.72. The topological polar surface area (TPSA) is 80.9 Å². The van der Waals surface area contributed by atoms with Crippen LogP contribution in [0.25, 0.3) is 0 Å². The highest BCUT2D eigenvalue weighted by Crippen LogP contribution is 2.28. The number of rotatable bonds is 3. The molecule has 0 unspecified atom stereocenters. The molecule has 0 aliphatic carbocycles. The van der Waals surface area contributed by atoms with Crippen molar-refractivity contribution in [3.05, 3.63) is 28.8 Å². The third-order valence-corrected chi connectivity index (χ3v) is 3.31. The Morgan fingerprint density at radius 1 is 1.53 bits per heavy atom. The van der Waals surface area contributed by atoms with Gasteiger partial charge in [0, 0.05) is 11.9 Å². The number of halogens is 1. The first-order valence-corrected chi connectivity index (χ1v) is 5.70. The van der Waals surface area contributed by atoms with Gasteiger partial charge in [0.1, 0.15) is 0 Å². The molecule has 0 radical (unpaired) electrons. The molecule has 0 aliphatic heterocycles. The number of benzene rings is 1. The van der Waals surface area contributed by atoms with E-state index in [1.54, 1.807) is 13.1 Å². The molecular formula is C9H7ClN4O2S. The van der Waals surface area contributed by atoms with E-state index in [1.807, 2.05) is 0 Å². The second-order valence-electron chi connectivity index (χ2n) is 3.13. The number of tetrazole rings is 1. The lowest BCUT2D eigenvalue weighted by Crippen LogP contribution is -1.98. The van der Waals surface area contributed by atoms with E-state index >= 15 is 0 Å². The number of aromatic carboxylic acids is 1. The van der Waals surface area contributed by atoms with Crippen LogP contribution in [0.1, 0.15) is 10.4 Å². The van der Waals surface area contributed by atoms with Gasteiger partial charge < -0.3 is 5.11 Å². The molecule has 1 aromatic carbocycles. The molecule has 88 valence electrons. The van der Waals surface area contributed by atoms with Gasteiger partial charge in [-0.05, 0) is 40.4 Å². The average molecular weight is 271 g/mol. The number of aromatic nitrogens is 4. The van der Waals surface area contributed by atoms with Crippen molar-refractivity contribution in [1.29, 1.82) is 0 Å². The van der Waals surface area contributed by atoms with E-state index < -0.39 is 5.97 Å². The number of carboxylic acids is 1. The molecular weight excluding hydrogens is 264 g/mol. The third kappa shape index (κ3) is 2.56. The van der Waals surface area contributed by atoms with Crippen molar-refractivity contribution in [2.45, 2.75) is 10.1 Å². The van der Waals surface area contributed by atoms with Crippen LogP contribution in [0.3, 0.4) is 0 Å². The van der Waals surface area contributed by atoms with E-state index in [2.05, 4.69) is 15.5 Å². The third-order valence-electron chi connectivity index (χ3n) is 1.96. The molecule has 0 spiro atoms. The smallest absolute Gasteiger partial charge is 0.337 e. The number of hydrogen-bond donors (Lipinski definition) is 1. The van der Waals surface area contributed by atoms with Gasteiger partial charge in [0.2, 0.25) is 5.16 Å². The molecule has 0 atom stereocenters. The fourth-order valence-electron chi connectivity index (χ4n) is 1.14. The molecule has 1 aromatic heterocycles. The second-order valence-corrected chi connectivity index (χ2v) is 4.58. The summed E-state index contributed by atoms with van der Waals surface area (Å²) in [6, 6.07) is 4.75. The predicted octanol–water partition coefficient (Wildman–Crippen LogP) is 1.71. The van der Waals surface area contributed by atoms with Crippen LogP contribution in [0, 0.1) is 0 Å². The Morgan fingerprint density at radius 3 is 2.88 bits per heavy atom. The SMILES string of the molecule is Cn1nnnc1Sc1ccc(Cl)c(C(=O)O)c1. The van der Waals surface area contributed by atoms with Crippen LogP contribution >= 0.6 is 23.4 Å². The summed E-state index contributed by atoms with van der Waals surface area (Å²) in [7, 11) is 1.70. The lowest BCUT2D eigenvalue weighted by atomic mass is 10.2. The van der Waals surface area contributed by atoms with Crippen molar-refractivity contribution >= 4 is 29.3 Å². The molecule has 2 aromatic rings. The normalized spacial score (nSPS) is 10.5. The van der Waals surface area contributed by atoms with Crippen LogP contribution in [-0.2, 0) is 7.05 Å². The summed E-state index contributed by atoms with van der Waals surface area (Å²) < 4.78 is 1.50. The van der Waals surface area contributed by atoms with Crippen LogP contribution in [-0.4, -0.2) is 31.3 Å². The van der Waals surface area contributed by atoms with Gasteiger partial charge in [0.15, 0.2) is 0 Å². The van der Waals surface area contributed by atoms with Gasteiger partial charge in [-0.3, -0.25) is 0 Å². The first kappa shape index (κ1) is 11.9. The van der Waals surface area contributed by atoms with E-state index in [0.29, 0.717) is 10.1 Å². The summed E-state index contributed by atoms with van der Waals surface area (Å²) in [4.78, 5) is 11.6. The zero-order valence-electron chi connectivity index (χ0n) is 8.66. The van der Waals surface area contributed by atoms with E-state index in [1.165, 1.54) is 28.6 Å². The number of carboxylic acid groups (broad SMARTS) is 1. The van der Waals surface area contributed by atoms with Gasteiger partial charge in [-0.15, -0.1) is 5.10 Å². The Balaban J connectivity index is 2.32. The highest BCUT2D eigenvalue weighted by molar-refractivity contribution is 7.99. The lowest BCUT2D eigenvalue weighted by Gasteiger charge is -2.02. The number of carbonyl (C=O) groups is 1. The Labute approximate surface area is 106 Å². The zero-order valence-corrected chi connectivity index (χ0v) is 10.2. The first-order valence-electron chi connectivity index (χ1n) is 4.51. The summed E-state index contributed by atoms with van der Waals surface area (Å²) in [6.07, 6.45) is 0. The highest BCUT2D eigenvalue weighted by Gasteiger charge is 2.11. The van der Waals surface area contributed by atoms with Crippen molar-refractivity contribution in [2.75, 3.05) is 0 Å². The van der Waals surface area contributed by atoms with Crippen LogP contribution in [0.2, 0.25) is 5.02 Å². The summed E-state index contributed by atoms with van der Waals surface area (Å²) >= 11 is 7.03. The Hall–Kier alpha value is -1.60. The summed E-state index contributed by atoms with van der Waals surface area (Å²) in [6.45, 7) is 0. The maximum atomic E-state index is 10.9. The molecule has 1 heterocycles. The summed E-state index contributed by atoms with van der Waals surface area (Å²) in [5, 5.41) is 20.7. The minimum Gasteiger partial charge on any atom is -0.478 e. The monoisotopic (exact) mass is 270 g/mol. The van der Waals surface area contributed by atoms with E-state index in [9.17, 15) is 4.79 Å². The Bertz CT molecular complexity index is 572. The maximum absolute atomic E-state index is 10.9. The zero-order chi connectivity index (χ0) is 12.4. The predicted molar refractivity (Wildman–Crippen MR) is 61.3 cm³/mol. The van der Waals surface area contributed by atoms with Crippen molar-refractivity contribution in [3.63, 3.8) is 0 Å². The molecule has 0 fully saturated rings. The highest BCUT2D eigenvalue weighted by atomic mass is 35.5. The lowest BCUT2D eigenvalue weighted by molar-refractivity contribution is 0.0697. The molecule has 1 N–H and O–H groups in total. The molecule has 8 heteroatoms. The van der Waals surface area contributed by atoms with Crippen LogP contribution in [0.5, 0.6) is 0 Å². The van der Waals surface area contributed by atoms with E-state index in [4.69, 9.17) is 16.7 Å². The molecule has 17 heavy (non-hydrogen) atoms. The van der Waals surface area contributed by atoms with Crippen molar-refractivity contribution in [3.8, 4) is 0 Å². The van der Waals surface area contributed by atoms with Crippen molar-refractivity contribution < 1.29 is 9.90 Å². The quantitative estimate of drug-likeness (QED) is 0.914. The largest absolute Gasteiger partial charge is 0.478 e. The minimum atomic E-state index is -1.06. The molecule has 2 rings (SSSR count). The van der Waals surface area contributed by atoms with Crippen molar-refractivity contribution in [1.82, 2.24) is 20.2 Å². The molecule has 0 amide bonds. The fraction of sp³-hybridized carbons (Fsp3) is 0.111. The average Bonchev–Trinajstić information content (AvgIpc) is 2.67. The Kier molecular flexibility index (Phi) is 3.30. The van der Waals surface area contributed by atoms with Gasteiger partial charge in [-0.1, -0.05) is 11.6 Å². The number of aryl methyl sites for hydroxylation is 1. The molecule has 6 nitrogen and oxygen atoms in total. The Morgan fingerprint density at radius 2 is 2.29 bits per heavy atom. The summed E-state index contributed by atoms with van der Waals surface area (Å²) in [5.74, 6) is -1.06. The van der Waals surface area contributed by atoms with Gasteiger partial charge >= 0.3 is 5.97 Å². The standard InChI is InChI=1S/C9H7ClN4O2S/c1-14-9(11-12-13-14)17-5-2-3-7(10)6(4-5)8(15)16/h2-4H,1H3,(H,15,16). The van der Waals surface area contributed by atoms with E-state index in [-0.39, 0.29) is 10.6 Å². The van der Waals surface area contributed by atoms with E-state index in [0.717, 1.165) is 0 Å².